The molecule has 1 aromatic rings. The summed E-state index contributed by atoms with van der Waals surface area (Å²) in [5.74, 6) is -2.87. The number of primary amides is 1. The van der Waals surface area contributed by atoms with Crippen LogP contribution in [0.1, 0.15) is 22.5 Å². The number of nitrogens with two attached hydrogens (primary N) is 1. The number of aromatic nitrogens is 1. The molecular weight excluding hydrogens is 215 g/mol. The molecule has 0 radical (unpaired) electrons. The van der Waals surface area contributed by atoms with Gasteiger partial charge in [-0.2, -0.15) is 0 Å². The lowest BCUT2D eigenvalue weighted by atomic mass is 10.2. The van der Waals surface area contributed by atoms with Gasteiger partial charge in [-0.05, 0) is 12.1 Å². The molecular formula is C10H9FN2O3. The maximum absolute atomic E-state index is 13.4. The molecule has 0 atom stereocenters. The first-order chi connectivity index (χ1) is 7.52. The molecule has 3 N–H and O–H groups in total. The van der Waals surface area contributed by atoms with Gasteiger partial charge in [0.25, 0.3) is 0 Å². The van der Waals surface area contributed by atoms with Crippen LogP contribution >= 0.6 is 0 Å². The highest BCUT2D eigenvalue weighted by atomic mass is 19.1. The monoisotopic (exact) mass is 224 g/mol. The first kappa shape index (κ1) is 11.8. The van der Waals surface area contributed by atoms with Gasteiger partial charge in [-0.3, -0.25) is 9.78 Å². The van der Waals surface area contributed by atoms with Crippen molar-refractivity contribution in [2.45, 2.75) is 6.42 Å². The van der Waals surface area contributed by atoms with Crippen LogP contribution in [0.15, 0.2) is 18.3 Å². The Kier molecular flexibility index (Phi) is 3.71. The first-order valence-electron chi connectivity index (χ1n) is 4.35. The Labute approximate surface area is 90.4 Å². The van der Waals surface area contributed by atoms with E-state index in [1.54, 1.807) is 0 Å². The number of carbonyl (C=O) groups excluding carboxylic acids is 1. The Morgan fingerprint density at radius 1 is 1.56 bits per heavy atom. The van der Waals surface area contributed by atoms with Gasteiger partial charge in [-0.15, -0.1) is 0 Å². The van der Waals surface area contributed by atoms with Crippen LogP contribution < -0.4 is 5.73 Å². The van der Waals surface area contributed by atoms with Crippen LogP contribution in [0.4, 0.5) is 4.39 Å². The average Bonchev–Trinajstić information content (AvgIpc) is 2.19. The third-order valence-corrected chi connectivity index (χ3v) is 1.74. The fourth-order valence-electron chi connectivity index (χ4n) is 1.03. The summed E-state index contributed by atoms with van der Waals surface area (Å²) >= 11 is 0. The van der Waals surface area contributed by atoms with E-state index in [9.17, 15) is 14.0 Å². The molecule has 1 amide bonds. The second-order valence-corrected chi connectivity index (χ2v) is 2.94. The SMILES string of the molecule is NC(=O)CC=Cc1nccc(C(=O)O)c1F. The highest BCUT2D eigenvalue weighted by molar-refractivity contribution is 5.88. The topological polar surface area (TPSA) is 93.3 Å². The van der Waals surface area contributed by atoms with E-state index in [2.05, 4.69) is 4.98 Å². The fourth-order valence-corrected chi connectivity index (χ4v) is 1.03. The van der Waals surface area contributed by atoms with E-state index in [0.717, 1.165) is 6.07 Å². The predicted molar refractivity (Wildman–Crippen MR) is 54.0 cm³/mol. The van der Waals surface area contributed by atoms with Crippen LogP contribution in [0, 0.1) is 5.82 Å². The first-order valence-corrected chi connectivity index (χ1v) is 4.35. The summed E-state index contributed by atoms with van der Waals surface area (Å²) < 4.78 is 13.4. The largest absolute Gasteiger partial charge is 0.478 e. The molecule has 1 aromatic heterocycles. The molecule has 0 spiro atoms. The smallest absolute Gasteiger partial charge is 0.338 e. The quantitative estimate of drug-likeness (QED) is 0.791. The number of hydrogen-bond acceptors (Lipinski definition) is 3. The summed E-state index contributed by atoms with van der Waals surface area (Å²) in [7, 11) is 0. The van der Waals surface area contributed by atoms with Crippen molar-refractivity contribution in [1.29, 1.82) is 0 Å². The molecule has 5 nitrogen and oxygen atoms in total. The van der Waals surface area contributed by atoms with E-state index < -0.39 is 23.3 Å². The summed E-state index contributed by atoms with van der Waals surface area (Å²) in [6.45, 7) is 0. The Bertz CT molecular complexity index is 457. The molecule has 0 fully saturated rings. The van der Waals surface area contributed by atoms with E-state index >= 15 is 0 Å². The molecule has 0 saturated carbocycles. The van der Waals surface area contributed by atoms with Crippen LogP contribution in [0.25, 0.3) is 6.08 Å². The summed E-state index contributed by atoms with van der Waals surface area (Å²) in [6.07, 6.45) is 3.65. The summed E-state index contributed by atoms with van der Waals surface area (Å²) in [6, 6.07) is 1.06. The third-order valence-electron chi connectivity index (χ3n) is 1.74. The summed E-state index contributed by atoms with van der Waals surface area (Å²) in [5, 5.41) is 8.64. The van der Waals surface area contributed by atoms with Crippen molar-refractivity contribution in [2.24, 2.45) is 5.73 Å². The zero-order valence-electron chi connectivity index (χ0n) is 8.18. The van der Waals surface area contributed by atoms with Gasteiger partial charge in [0.2, 0.25) is 5.91 Å². The Morgan fingerprint density at radius 2 is 2.25 bits per heavy atom. The van der Waals surface area contributed by atoms with E-state index in [4.69, 9.17) is 10.8 Å². The predicted octanol–water partition coefficient (Wildman–Crippen LogP) is 0.808. The molecule has 0 aliphatic heterocycles. The second-order valence-electron chi connectivity index (χ2n) is 2.94. The summed E-state index contributed by atoms with van der Waals surface area (Å²) in [4.78, 5) is 24.6. The number of carboxylic acids is 1. The third kappa shape index (κ3) is 2.88. The minimum Gasteiger partial charge on any atom is -0.478 e. The highest BCUT2D eigenvalue weighted by Crippen LogP contribution is 2.11. The van der Waals surface area contributed by atoms with Crippen LogP contribution in [-0.2, 0) is 4.79 Å². The van der Waals surface area contributed by atoms with E-state index in [0.29, 0.717) is 0 Å². The molecule has 1 heterocycles. The maximum Gasteiger partial charge on any atom is 0.338 e. The van der Waals surface area contributed by atoms with E-state index in [-0.39, 0.29) is 12.1 Å². The van der Waals surface area contributed by atoms with Crippen molar-refractivity contribution in [3.05, 3.63) is 35.4 Å². The molecule has 0 bridgehead atoms. The number of rotatable bonds is 4. The molecule has 6 heteroatoms. The van der Waals surface area contributed by atoms with Crippen molar-refractivity contribution >= 4 is 18.0 Å². The lowest BCUT2D eigenvalue weighted by Crippen LogP contribution is -2.08. The molecule has 0 aromatic carbocycles. The van der Waals surface area contributed by atoms with E-state index in [1.165, 1.54) is 18.3 Å². The average molecular weight is 224 g/mol. The standard InChI is InChI=1S/C10H9FN2O3/c11-9-6(10(15)16)4-5-13-7(9)2-1-3-8(12)14/h1-2,4-5H,3H2,(H2,12,14)(H,15,16). The van der Waals surface area contributed by atoms with Crippen LogP contribution in [0.5, 0.6) is 0 Å². The lowest BCUT2D eigenvalue weighted by Gasteiger charge is -1.99. The maximum atomic E-state index is 13.4. The Morgan fingerprint density at radius 3 is 2.81 bits per heavy atom. The minimum absolute atomic E-state index is 0.0571. The van der Waals surface area contributed by atoms with Crippen molar-refractivity contribution in [1.82, 2.24) is 4.98 Å². The van der Waals surface area contributed by atoms with Gasteiger partial charge >= 0.3 is 5.97 Å². The van der Waals surface area contributed by atoms with Crippen molar-refractivity contribution in [3.63, 3.8) is 0 Å². The van der Waals surface area contributed by atoms with Crippen LogP contribution in [0.2, 0.25) is 0 Å². The fraction of sp³-hybridized carbons (Fsp3) is 0.100. The molecule has 16 heavy (non-hydrogen) atoms. The molecule has 0 saturated heterocycles. The van der Waals surface area contributed by atoms with Crippen molar-refractivity contribution in [3.8, 4) is 0 Å². The second kappa shape index (κ2) is 5.01. The minimum atomic E-state index is -1.37. The molecule has 1 rings (SSSR count). The van der Waals surface area contributed by atoms with E-state index in [1.807, 2.05) is 0 Å². The molecule has 0 aliphatic carbocycles. The van der Waals surface area contributed by atoms with Crippen molar-refractivity contribution in [2.75, 3.05) is 0 Å². The van der Waals surface area contributed by atoms with Crippen LogP contribution in [-0.4, -0.2) is 22.0 Å². The number of halogens is 1. The van der Waals surface area contributed by atoms with Gasteiger partial charge < -0.3 is 10.8 Å². The number of amides is 1. The molecule has 84 valence electrons. The number of hydrogen-bond donors (Lipinski definition) is 2. The molecule has 0 aliphatic rings. The number of nitrogens with zero attached hydrogens (tertiary/aromatic N) is 1. The summed E-state index contributed by atoms with van der Waals surface area (Å²) in [5.41, 5.74) is 4.27. The van der Waals surface area contributed by atoms with Gasteiger partial charge in [-0.1, -0.05) is 6.08 Å². The number of carboxylic acid groups (broad SMARTS) is 1. The number of carbonyl (C=O) groups is 2. The van der Waals surface area contributed by atoms with Crippen LogP contribution in [0.3, 0.4) is 0 Å². The lowest BCUT2D eigenvalue weighted by molar-refractivity contribution is -0.117. The number of pyridine rings is 1. The number of aromatic carboxylic acids is 1. The van der Waals surface area contributed by atoms with Gasteiger partial charge in [-0.25, -0.2) is 9.18 Å². The Hall–Kier alpha value is -2.24. The van der Waals surface area contributed by atoms with Gasteiger partial charge in [0.15, 0.2) is 5.82 Å². The normalized spacial score (nSPS) is 10.6. The van der Waals surface area contributed by atoms with Gasteiger partial charge in [0, 0.05) is 12.6 Å². The zero-order chi connectivity index (χ0) is 12.1. The highest BCUT2D eigenvalue weighted by Gasteiger charge is 2.12. The zero-order valence-corrected chi connectivity index (χ0v) is 8.18. The Balaban J connectivity index is 2.97. The van der Waals surface area contributed by atoms with Crippen molar-refractivity contribution < 1.29 is 19.1 Å². The molecule has 0 unspecified atom stereocenters. The van der Waals surface area contributed by atoms with Gasteiger partial charge in [0.05, 0.1) is 11.3 Å². The van der Waals surface area contributed by atoms with Gasteiger partial charge in [0.1, 0.15) is 0 Å².